The Balaban J connectivity index is 2.13. The first-order valence-electron chi connectivity index (χ1n) is 6.22. The van der Waals surface area contributed by atoms with Crippen molar-refractivity contribution in [2.24, 2.45) is 0 Å². The highest BCUT2D eigenvalue weighted by Crippen LogP contribution is 2.33. The number of hydrogen-bond donors (Lipinski definition) is 1. The van der Waals surface area contributed by atoms with Crippen molar-refractivity contribution in [2.45, 2.75) is 26.4 Å². The van der Waals surface area contributed by atoms with Crippen LogP contribution in [0.4, 0.5) is 0 Å². The maximum atomic E-state index is 6.07. The number of aromatic nitrogens is 2. The molecule has 20 heavy (non-hydrogen) atoms. The molecule has 0 saturated heterocycles. The van der Waals surface area contributed by atoms with Gasteiger partial charge in [-0.1, -0.05) is 43.1 Å². The largest absolute Gasteiger partial charge is 0.436 e. The Labute approximate surface area is 128 Å². The molecule has 0 atom stereocenters. The lowest BCUT2D eigenvalue weighted by Gasteiger charge is -2.10. The number of halogens is 2. The van der Waals surface area contributed by atoms with E-state index in [2.05, 4.69) is 29.1 Å². The van der Waals surface area contributed by atoms with Gasteiger partial charge in [-0.15, -0.1) is 0 Å². The van der Waals surface area contributed by atoms with Gasteiger partial charge in [0, 0.05) is 18.8 Å². The summed E-state index contributed by atoms with van der Waals surface area (Å²) >= 11 is 12.0. The quantitative estimate of drug-likeness (QED) is 0.904. The predicted octanol–water partition coefficient (Wildman–Crippen LogP) is 4.07. The van der Waals surface area contributed by atoms with Crippen LogP contribution in [0.3, 0.4) is 0 Å². The third-order valence-electron chi connectivity index (χ3n) is 2.48. The Hall–Kier alpha value is -1.36. The van der Waals surface area contributed by atoms with E-state index in [4.69, 9.17) is 27.9 Å². The fourth-order valence-electron chi connectivity index (χ4n) is 1.50. The van der Waals surface area contributed by atoms with E-state index in [1.807, 2.05) is 0 Å². The van der Waals surface area contributed by atoms with E-state index in [0.29, 0.717) is 34.3 Å². The number of rotatable bonds is 5. The molecule has 1 heterocycles. The van der Waals surface area contributed by atoms with Gasteiger partial charge in [-0.05, 0) is 12.1 Å². The van der Waals surface area contributed by atoms with Crippen molar-refractivity contribution >= 4 is 23.2 Å². The lowest BCUT2D eigenvalue weighted by Crippen LogP contribution is -2.22. The van der Waals surface area contributed by atoms with Crippen LogP contribution in [0.1, 0.15) is 19.5 Å². The highest BCUT2D eigenvalue weighted by Gasteiger charge is 2.08. The molecule has 1 aromatic heterocycles. The Morgan fingerprint density at radius 2 is 2.05 bits per heavy atom. The van der Waals surface area contributed by atoms with Crippen molar-refractivity contribution < 1.29 is 4.74 Å². The van der Waals surface area contributed by atoms with Crippen LogP contribution in [0, 0.1) is 0 Å². The van der Waals surface area contributed by atoms with E-state index in [0.717, 1.165) is 5.69 Å². The fourth-order valence-corrected chi connectivity index (χ4v) is 1.84. The van der Waals surface area contributed by atoms with Gasteiger partial charge in [-0.25, -0.2) is 4.98 Å². The maximum Gasteiger partial charge on any atom is 0.238 e. The van der Waals surface area contributed by atoms with Gasteiger partial charge in [0.15, 0.2) is 0 Å². The molecule has 6 heteroatoms. The van der Waals surface area contributed by atoms with Gasteiger partial charge in [0.1, 0.15) is 10.8 Å². The second kappa shape index (κ2) is 6.88. The Bertz CT molecular complexity index is 590. The zero-order chi connectivity index (χ0) is 14.5. The van der Waals surface area contributed by atoms with Crippen molar-refractivity contribution in [3.8, 4) is 11.6 Å². The van der Waals surface area contributed by atoms with Gasteiger partial charge in [0.2, 0.25) is 5.88 Å². The number of ether oxygens (including phenoxy) is 1. The Morgan fingerprint density at radius 3 is 2.80 bits per heavy atom. The zero-order valence-corrected chi connectivity index (χ0v) is 12.7. The van der Waals surface area contributed by atoms with Crippen LogP contribution in [-0.4, -0.2) is 16.0 Å². The minimum absolute atomic E-state index is 0.363. The van der Waals surface area contributed by atoms with Gasteiger partial charge in [-0.3, -0.25) is 4.98 Å². The van der Waals surface area contributed by atoms with Crippen molar-refractivity contribution in [2.75, 3.05) is 0 Å². The molecule has 0 spiro atoms. The summed E-state index contributed by atoms with van der Waals surface area (Å²) in [4.78, 5) is 8.47. The van der Waals surface area contributed by atoms with Crippen molar-refractivity contribution in [3.63, 3.8) is 0 Å². The second-order valence-electron chi connectivity index (χ2n) is 4.54. The minimum Gasteiger partial charge on any atom is -0.436 e. The van der Waals surface area contributed by atoms with Crippen LogP contribution in [0.2, 0.25) is 10.0 Å². The van der Waals surface area contributed by atoms with Crippen LogP contribution in [0.15, 0.2) is 30.6 Å². The molecule has 0 aliphatic heterocycles. The second-order valence-corrected chi connectivity index (χ2v) is 5.32. The van der Waals surface area contributed by atoms with Crippen molar-refractivity contribution in [3.05, 3.63) is 46.3 Å². The molecule has 1 N–H and O–H groups in total. The van der Waals surface area contributed by atoms with E-state index in [-0.39, 0.29) is 0 Å². The molecular weight excluding hydrogens is 297 g/mol. The van der Waals surface area contributed by atoms with Crippen LogP contribution >= 0.6 is 23.2 Å². The molecule has 4 nitrogen and oxygen atoms in total. The van der Waals surface area contributed by atoms with Gasteiger partial charge < -0.3 is 10.1 Å². The number of nitrogens with zero attached hydrogens (tertiary/aromatic N) is 2. The molecule has 0 bridgehead atoms. The van der Waals surface area contributed by atoms with E-state index >= 15 is 0 Å². The summed E-state index contributed by atoms with van der Waals surface area (Å²) in [5.74, 6) is 0.847. The first kappa shape index (κ1) is 15.0. The van der Waals surface area contributed by atoms with Crippen LogP contribution in [0.5, 0.6) is 11.6 Å². The van der Waals surface area contributed by atoms with E-state index < -0.39 is 0 Å². The van der Waals surface area contributed by atoms with Crippen LogP contribution < -0.4 is 10.1 Å². The first-order valence-corrected chi connectivity index (χ1v) is 6.98. The van der Waals surface area contributed by atoms with E-state index in [9.17, 15) is 0 Å². The summed E-state index contributed by atoms with van der Waals surface area (Å²) in [6, 6.07) is 5.57. The van der Waals surface area contributed by atoms with Crippen LogP contribution in [-0.2, 0) is 6.54 Å². The van der Waals surface area contributed by atoms with Gasteiger partial charge in [0.25, 0.3) is 0 Å². The minimum atomic E-state index is 0.363. The monoisotopic (exact) mass is 311 g/mol. The number of nitrogens with one attached hydrogen (secondary N) is 1. The summed E-state index contributed by atoms with van der Waals surface area (Å²) in [6.07, 6.45) is 3.23. The Morgan fingerprint density at radius 1 is 1.25 bits per heavy atom. The number of hydrogen-bond acceptors (Lipinski definition) is 4. The summed E-state index contributed by atoms with van der Waals surface area (Å²) in [7, 11) is 0. The SMILES string of the molecule is CC(C)NCc1cncc(Oc2cccc(Cl)c2Cl)n1. The molecule has 0 fully saturated rings. The zero-order valence-electron chi connectivity index (χ0n) is 11.2. The third-order valence-corrected chi connectivity index (χ3v) is 3.29. The lowest BCUT2D eigenvalue weighted by atomic mass is 10.3. The molecule has 0 aliphatic carbocycles. The molecule has 106 valence electrons. The fraction of sp³-hybridized carbons (Fsp3) is 0.286. The molecule has 0 amide bonds. The lowest BCUT2D eigenvalue weighted by molar-refractivity contribution is 0.455. The molecular formula is C14H15Cl2N3O. The highest BCUT2D eigenvalue weighted by atomic mass is 35.5. The average molecular weight is 312 g/mol. The average Bonchev–Trinajstić information content (AvgIpc) is 2.42. The summed E-state index contributed by atoms with van der Waals surface area (Å²) in [5, 5.41) is 4.07. The van der Waals surface area contributed by atoms with Crippen molar-refractivity contribution in [1.29, 1.82) is 0 Å². The molecule has 2 rings (SSSR count). The standard InChI is InChI=1S/C14H15Cl2N3O/c1-9(2)18-7-10-6-17-8-13(19-10)20-12-5-3-4-11(15)14(12)16/h3-6,8-9,18H,7H2,1-2H3. The van der Waals surface area contributed by atoms with Crippen molar-refractivity contribution in [1.82, 2.24) is 15.3 Å². The summed E-state index contributed by atoms with van der Waals surface area (Å²) < 4.78 is 5.62. The molecule has 2 aromatic rings. The van der Waals surface area contributed by atoms with Gasteiger partial charge in [0.05, 0.1) is 16.9 Å². The van der Waals surface area contributed by atoms with E-state index in [1.54, 1.807) is 24.4 Å². The number of benzene rings is 1. The Kier molecular flexibility index (Phi) is 5.17. The van der Waals surface area contributed by atoms with E-state index in [1.165, 1.54) is 6.20 Å². The highest BCUT2D eigenvalue weighted by molar-refractivity contribution is 6.42. The predicted molar refractivity (Wildman–Crippen MR) is 80.5 cm³/mol. The molecule has 1 aromatic carbocycles. The molecule has 0 saturated carbocycles. The van der Waals surface area contributed by atoms with Gasteiger partial charge >= 0.3 is 0 Å². The normalized spacial score (nSPS) is 10.8. The molecule has 0 unspecified atom stereocenters. The topological polar surface area (TPSA) is 47.0 Å². The van der Waals surface area contributed by atoms with Crippen LogP contribution in [0.25, 0.3) is 0 Å². The summed E-state index contributed by atoms with van der Waals surface area (Å²) in [5.41, 5.74) is 0.800. The molecule has 0 aliphatic rings. The summed E-state index contributed by atoms with van der Waals surface area (Å²) in [6.45, 7) is 4.77. The smallest absolute Gasteiger partial charge is 0.238 e. The maximum absolute atomic E-state index is 6.07. The third kappa shape index (κ3) is 4.07. The first-order chi connectivity index (χ1) is 9.56. The van der Waals surface area contributed by atoms with Gasteiger partial charge in [-0.2, -0.15) is 0 Å². The molecule has 0 radical (unpaired) electrons.